The fraction of sp³-hybridized carbons (Fsp3) is 0.368. The Balaban J connectivity index is 1.61. The van der Waals surface area contributed by atoms with Gasteiger partial charge in [0, 0.05) is 10.6 Å². The van der Waals surface area contributed by atoms with Crippen LogP contribution in [-0.4, -0.2) is 6.10 Å². The number of hydrogen-bond donors (Lipinski definition) is 0. The molecule has 0 aliphatic heterocycles. The largest absolute Gasteiger partial charge is 0.346 e. The van der Waals surface area contributed by atoms with Crippen LogP contribution in [0.5, 0.6) is 0 Å². The molecular weight excluding hydrogens is 275 g/mol. The van der Waals surface area contributed by atoms with E-state index in [9.17, 15) is 0 Å². The summed E-state index contributed by atoms with van der Waals surface area (Å²) < 4.78 is 6.68. The third-order valence-electron chi connectivity index (χ3n) is 4.90. The predicted molar refractivity (Wildman–Crippen MR) is 89.4 cm³/mol. The minimum absolute atomic E-state index is 0.482. The Morgan fingerprint density at radius 2 is 1.38 bits per heavy atom. The lowest BCUT2D eigenvalue weighted by molar-refractivity contribution is 0.159. The Labute approximate surface area is 128 Å². The van der Waals surface area contributed by atoms with E-state index in [1.165, 1.54) is 36.3 Å². The van der Waals surface area contributed by atoms with Gasteiger partial charge in [0.15, 0.2) is 0 Å². The minimum atomic E-state index is -0.674. The summed E-state index contributed by atoms with van der Waals surface area (Å²) in [5.74, 6) is 1.75. The van der Waals surface area contributed by atoms with Gasteiger partial charge in [-0.2, -0.15) is 0 Å². The van der Waals surface area contributed by atoms with Gasteiger partial charge in [-0.3, -0.25) is 0 Å². The molecule has 108 valence electrons. The van der Waals surface area contributed by atoms with Gasteiger partial charge in [-0.15, -0.1) is 0 Å². The van der Waals surface area contributed by atoms with Crippen LogP contribution in [0.1, 0.15) is 25.7 Å². The van der Waals surface area contributed by atoms with E-state index < -0.39 is 8.15 Å². The highest BCUT2D eigenvalue weighted by Gasteiger charge is 2.41. The van der Waals surface area contributed by atoms with Crippen molar-refractivity contribution < 1.29 is 4.52 Å². The van der Waals surface area contributed by atoms with E-state index in [4.69, 9.17) is 4.52 Å². The van der Waals surface area contributed by atoms with E-state index >= 15 is 0 Å². The quantitative estimate of drug-likeness (QED) is 0.767. The maximum absolute atomic E-state index is 6.68. The molecule has 2 bridgehead atoms. The molecule has 2 aliphatic rings. The average Bonchev–Trinajstić information content (AvgIpc) is 3.17. The molecule has 4 rings (SSSR count). The topological polar surface area (TPSA) is 9.23 Å². The summed E-state index contributed by atoms with van der Waals surface area (Å²) in [5.41, 5.74) is 0. The Kier molecular flexibility index (Phi) is 3.80. The maximum Gasteiger partial charge on any atom is 0.0921 e. The van der Waals surface area contributed by atoms with Gasteiger partial charge in [0.25, 0.3) is 0 Å². The summed E-state index contributed by atoms with van der Waals surface area (Å²) in [6.07, 6.45) is 5.97. The highest BCUT2D eigenvalue weighted by atomic mass is 31.1. The van der Waals surface area contributed by atoms with Crippen molar-refractivity contribution in [1.82, 2.24) is 0 Å². The van der Waals surface area contributed by atoms with E-state index in [2.05, 4.69) is 60.7 Å². The average molecular weight is 296 g/mol. The molecule has 0 spiro atoms. The van der Waals surface area contributed by atoms with Gasteiger partial charge in [0.2, 0.25) is 0 Å². The fourth-order valence-electron chi connectivity index (χ4n) is 3.85. The molecule has 0 amide bonds. The van der Waals surface area contributed by atoms with Crippen LogP contribution in [0.3, 0.4) is 0 Å². The van der Waals surface area contributed by atoms with Crippen molar-refractivity contribution in [3.8, 4) is 0 Å². The van der Waals surface area contributed by atoms with Crippen LogP contribution < -0.4 is 10.6 Å². The summed E-state index contributed by atoms with van der Waals surface area (Å²) in [6, 6.07) is 21.5. The second-order valence-electron chi connectivity index (χ2n) is 6.28. The molecule has 2 aliphatic carbocycles. The Bertz CT molecular complexity index is 544. The van der Waals surface area contributed by atoms with E-state index in [1.54, 1.807) is 0 Å². The van der Waals surface area contributed by atoms with Gasteiger partial charge in [-0.1, -0.05) is 60.7 Å². The lowest BCUT2D eigenvalue weighted by atomic mass is 9.98. The molecule has 2 aromatic carbocycles. The molecule has 3 atom stereocenters. The summed E-state index contributed by atoms with van der Waals surface area (Å²) >= 11 is 0. The molecule has 0 saturated heterocycles. The van der Waals surface area contributed by atoms with Crippen molar-refractivity contribution >= 4 is 18.8 Å². The van der Waals surface area contributed by atoms with Gasteiger partial charge in [-0.25, -0.2) is 0 Å². The molecule has 2 aromatic rings. The van der Waals surface area contributed by atoms with E-state index in [-0.39, 0.29) is 0 Å². The van der Waals surface area contributed by atoms with Crippen molar-refractivity contribution in [3.05, 3.63) is 60.7 Å². The van der Waals surface area contributed by atoms with Crippen molar-refractivity contribution in [2.75, 3.05) is 0 Å². The molecule has 2 saturated carbocycles. The van der Waals surface area contributed by atoms with Gasteiger partial charge < -0.3 is 4.52 Å². The Morgan fingerprint density at radius 1 is 0.762 bits per heavy atom. The number of fused-ring (bicyclic) bond motifs is 2. The molecule has 1 nitrogen and oxygen atoms in total. The highest BCUT2D eigenvalue weighted by molar-refractivity contribution is 7.68. The predicted octanol–water partition coefficient (Wildman–Crippen LogP) is 4.24. The standard InChI is InChI=1S/C19H21OP/c1-3-7-17(8-4-1)21(18-9-5-2-6-10-18)20-19-14-15-11-12-16(19)13-15/h1-10,15-16,19H,11-14H2. The van der Waals surface area contributed by atoms with Crippen molar-refractivity contribution in [2.24, 2.45) is 11.8 Å². The van der Waals surface area contributed by atoms with Gasteiger partial charge in [0.05, 0.1) is 14.3 Å². The molecular formula is C19H21OP. The first-order valence-corrected chi connectivity index (χ1v) is 9.23. The molecule has 0 radical (unpaired) electrons. The van der Waals surface area contributed by atoms with E-state index in [0.717, 1.165) is 11.8 Å². The minimum Gasteiger partial charge on any atom is -0.346 e. The highest BCUT2D eigenvalue weighted by Crippen LogP contribution is 2.50. The van der Waals surface area contributed by atoms with Crippen LogP contribution in [-0.2, 0) is 4.52 Å². The van der Waals surface area contributed by atoms with Crippen molar-refractivity contribution in [3.63, 3.8) is 0 Å². The molecule has 0 heterocycles. The molecule has 3 unspecified atom stereocenters. The van der Waals surface area contributed by atoms with Gasteiger partial charge >= 0.3 is 0 Å². The fourth-order valence-corrected chi connectivity index (χ4v) is 5.80. The zero-order valence-electron chi connectivity index (χ0n) is 12.2. The first kappa shape index (κ1) is 13.5. The number of benzene rings is 2. The lowest BCUT2D eigenvalue weighted by Crippen LogP contribution is -2.23. The summed E-state index contributed by atoms with van der Waals surface area (Å²) in [6.45, 7) is 0. The number of hydrogen-bond acceptors (Lipinski definition) is 1. The van der Waals surface area contributed by atoms with E-state index in [0.29, 0.717) is 6.10 Å². The van der Waals surface area contributed by atoms with Gasteiger partial charge in [-0.05, 0) is 37.5 Å². The van der Waals surface area contributed by atoms with Crippen LogP contribution in [0.15, 0.2) is 60.7 Å². The monoisotopic (exact) mass is 296 g/mol. The maximum atomic E-state index is 6.68. The first-order valence-electron chi connectivity index (χ1n) is 7.97. The van der Waals surface area contributed by atoms with Gasteiger partial charge in [0.1, 0.15) is 0 Å². The van der Waals surface area contributed by atoms with Crippen LogP contribution in [0.25, 0.3) is 0 Å². The van der Waals surface area contributed by atoms with Crippen molar-refractivity contribution in [1.29, 1.82) is 0 Å². The summed E-state index contributed by atoms with van der Waals surface area (Å²) in [7, 11) is -0.674. The third-order valence-corrected chi connectivity index (χ3v) is 6.91. The number of rotatable bonds is 4. The lowest BCUT2D eigenvalue weighted by Gasteiger charge is -2.28. The Hall–Kier alpha value is -1.17. The van der Waals surface area contributed by atoms with Crippen molar-refractivity contribution in [2.45, 2.75) is 31.8 Å². The van der Waals surface area contributed by atoms with Crippen LogP contribution in [0.2, 0.25) is 0 Å². The summed E-state index contributed by atoms with van der Waals surface area (Å²) in [4.78, 5) is 0. The zero-order chi connectivity index (χ0) is 14.1. The Morgan fingerprint density at radius 3 is 1.86 bits per heavy atom. The third kappa shape index (κ3) is 2.78. The first-order chi connectivity index (χ1) is 10.4. The molecule has 0 aromatic heterocycles. The zero-order valence-corrected chi connectivity index (χ0v) is 13.1. The van der Waals surface area contributed by atoms with Crippen LogP contribution in [0.4, 0.5) is 0 Å². The second kappa shape index (κ2) is 5.91. The molecule has 21 heavy (non-hydrogen) atoms. The molecule has 2 heteroatoms. The normalized spacial score (nSPS) is 27.4. The van der Waals surface area contributed by atoms with Crippen LogP contribution in [0, 0.1) is 11.8 Å². The summed E-state index contributed by atoms with van der Waals surface area (Å²) in [5, 5.41) is 2.67. The smallest absolute Gasteiger partial charge is 0.0921 e. The SMILES string of the molecule is c1ccc(P(OC2CC3CCC2C3)c2ccccc2)cc1. The second-order valence-corrected chi connectivity index (χ2v) is 8.12. The van der Waals surface area contributed by atoms with E-state index in [1.807, 2.05) is 0 Å². The van der Waals surface area contributed by atoms with Crippen LogP contribution >= 0.6 is 8.15 Å². The molecule has 0 N–H and O–H groups in total. The molecule has 2 fully saturated rings.